The lowest BCUT2D eigenvalue weighted by Gasteiger charge is -2.13. The minimum atomic E-state index is -0.366. The summed E-state index contributed by atoms with van der Waals surface area (Å²) in [4.78, 5) is 19.7. The van der Waals surface area contributed by atoms with Gasteiger partial charge in [-0.15, -0.1) is 0 Å². The van der Waals surface area contributed by atoms with Crippen LogP contribution in [0.5, 0.6) is 0 Å². The van der Waals surface area contributed by atoms with Crippen LogP contribution in [0.4, 0.5) is 10.1 Å². The van der Waals surface area contributed by atoms with Crippen LogP contribution >= 0.6 is 0 Å². The van der Waals surface area contributed by atoms with Gasteiger partial charge in [-0.25, -0.2) is 9.37 Å². The van der Waals surface area contributed by atoms with E-state index in [1.165, 1.54) is 12.1 Å². The van der Waals surface area contributed by atoms with Crippen molar-refractivity contribution in [2.45, 2.75) is 38.5 Å². The van der Waals surface area contributed by atoms with Crippen molar-refractivity contribution in [3.8, 4) is 11.3 Å². The van der Waals surface area contributed by atoms with Crippen LogP contribution in [0.25, 0.3) is 11.3 Å². The molecule has 1 aliphatic heterocycles. The highest BCUT2D eigenvalue weighted by Gasteiger charge is 2.16. The molecule has 0 radical (unpaired) electrons. The minimum Gasteiger partial charge on any atom is -0.342 e. The number of fused-ring (bicyclic) bond motifs is 4. The van der Waals surface area contributed by atoms with Gasteiger partial charge < -0.3 is 10.3 Å². The number of hydrogen-bond acceptors (Lipinski definition) is 2. The fourth-order valence-corrected chi connectivity index (χ4v) is 2.66. The van der Waals surface area contributed by atoms with E-state index in [0.29, 0.717) is 18.0 Å². The number of benzene rings is 1. The first-order chi connectivity index (χ1) is 10.1. The van der Waals surface area contributed by atoms with E-state index in [1.54, 1.807) is 12.3 Å². The summed E-state index contributed by atoms with van der Waals surface area (Å²) in [5, 5.41) is 2.80. The van der Waals surface area contributed by atoms with Crippen LogP contribution in [-0.4, -0.2) is 15.9 Å². The lowest BCUT2D eigenvalue weighted by molar-refractivity contribution is -0.116. The summed E-state index contributed by atoms with van der Waals surface area (Å²) in [6, 6.07) is 4.41. The van der Waals surface area contributed by atoms with Gasteiger partial charge in [0.25, 0.3) is 0 Å². The van der Waals surface area contributed by atoms with Crippen LogP contribution in [0.2, 0.25) is 0 Å². The zero-order valence-electron chi connectivity index (χ0n) is 11.9. The summed E-state index contributed by atoms with van der Waals surface area (Å²) in [5.41, 5.74) is 2.05. The molecule has 5 heteroatoms. The molecule has 0 saturated carbocycles. The summed E-state index contributed by atoms with van der Waals surface area (Å²) in [7, 11) is 0. The quantitative estimate of drug-likeness (QED) is 0.773. The molecule has 0 aliphatic carbocycles. The van der Waals surface area contributed by atoms with Gasteiger partial charge in [-0.1, -0.05) is 13.3 Å². The molecule has 1 aromatic heterocycles. The largest absolute Gasteiger partial charge is 0.342 e. The van der Waals surface area contributed by atoms with E-state index in [4.69, 9.17) is 0 Å². The topological polar surface area (TPSA) is 57.8 Å². The van der Waals surface area contributed by atoms with Gasteiger partial charge in [-0.3, -0.25) is 4.79 Å². The highest BCUT2D eigenvalue weighted by molar-refractivity contribution is 5.95. The highest BCUT2D eigenvalue weighted by atomic mass is 19.1. The van der Waals surface area contributed by atoms with Crippen molar-refractivity contribution in [2.75, 3.05) is 5.32 Å². The Hall–Kier alpha value is -2.17. The Labute approximate surface area is 122 Å². The Morgan fingerprint density at radius 1 is 1.33 bits per heavy atom. The number of halogens is 1. The molecular weight excluding hydrogens is 269 g/mol. The zero-order chi connectivity index (χ0) is 14.8. The first-order valence-electron chi connectivity index (χ1n) is 7.28. The normalized spacial score (nSPS) is 19.1. The molecule has 1 amide bonds. The molecule has 3 rings (SSSR count). The van der Waals surface area contributed by atoms with E-state index in [-0.39, 0.29) is 11.7 Å². The fraction of sp³-hybridized carbons (Fsp3) is 0.375. The third-order valence-corrected chi connectivity index (χ3v) is 3.90. The van der Waals surface area contributed by atoms with Crippen LogP contribution in [0.3, 0.4) is 0 Å². The Kier molecular flexibility index (Phi) is 3.73. The number of anilines is 1. The molecule has 2 bridgehead atoms. The second-order valence-electron chi connectivity index (χ2n) is 5.57. The van der Waals surface area contributed by atoms with Crippen molar-refractivity contribution in [1.29, 1.82) is 0 Å². The molecule has 0 fully saturated rings. The fourth-order valence-electron chi connectivity index (χ4n) is 2.66. The number of rotatable bonds is 0. The average Bonchev–Trinajstić information content (AvgIpc) is 2.92. The Morgan fingerprint density at radius 2 is 2.19 bits per heavy atom. The van der Waals surface area contributed by atoms with Crippen molar-refractivity contribution in [3.63, 3.8) is 0 Å². The van der Waals surface area contributed by atoms with E-state index in [2.05, 4.69) is 22.2 Å². The van der Waals surface area contributed by atoms with Crippen LogP contribution in [0.15, 0.2) is 24.4 Å². The molecule has 2 N–H and O–H groups in total. The third kappa shape index (κ3) is 2.96. The van der Waals surface area contributed by atoms with Crippen LogP contribution in [0, 0.1) is 5.82 Å². The van der Waals surface area contributed by atoms with E-state index in [0.717, 1.165) is 36.3 Å². The average molecular weight is 287 g/mol. The number of carbonyl (C=O) groups is 1. The number of carbonyl (C=O) groups excluding carboxylic acids is 1. The lowest BCUT2D eigenvalue weighted by atomic mass is 10.0. The maximum atomic E-state index is 13.5. The molecule has 1 aliphatic rings. The summed E-state index contributed by atoms with van der Waals surface area (Å²) < 4.78 is 13.5. The van der Waals surface area contributed by atoms with Gasteiger partial charge in [0.15, 0.2) is 0 Å². The molecule has 1 atom stereocenters. The van der Waals surface area contributed by atoms with Crippen molar-refractivity contribution in [1.82, 2.24) is 9.97 Å². The standard InChI is InChI=1S/C16H18FN3O/c1-10-4-2-3-5-15(21)19-13-8-11(17)6-7-12(13)14-9-18-16(10)20-14/h6-10H,2-5H2,1H3,(H,18,20)(H,19,21). The van der Waals surface area contributed by atoms with E-state index < -0.39 is 0 Å². The molecule has 1 aromatic carbocycles. The van der Waals surface area contributed by atoms with Crippen molar-refractivity contribution < 1.29 is 9.18 Å². The van der Waals surface area contributed by atoms with Crippen molar-refractivity contribution in [3.05, 3.63) is 36.0 Å². The Bertz CT molecular complexity index is 665. The third-order valence-electron chi connectivity index (χ3n) is 3.90. The number of aromatic nitrogens is 2. The summed E-state index contributed by atoms with van der Waals surface area (Å²) in [5.74, 6) is 0.821. The first-order valence-corrected chi connectivity index (χ1v) is 7.28. The van der Waals surface area contributed by atoms with Gasteiger partial charge in [-0.2, -0.15) is 0 Å². The Morgan fingerprint density at radius 3 is 3.05 bits per heavy atom. The molecule has 1 unspecified atom stereocenters. The van der Waals surface area contributed by atoms with E-state index in [9.17, 15) is 9.18 Å². The number of H-pyrrole nitrogens is 1. The monoisotopic (exact) mass is 287 g/mol. The van der Waals surface area contributed by atoms with Gasteiger partial charge in [0.2, 0.25) is 5.91 Å². The maximum absolute atomic E-state index is 13.5. The number of hydrogen-bond donors (Lipinski definition) is 2. The number of aromatic amines is 1. The molecular formula is C16H18FN3O. The van der Waals surface area contributed by atoms with Crippen molar-refractivity contribution in [2.24, 2.45) is 0 Å². The Balaban J connectivity index is 2.06. The summed E-state index contributed by atoms with van der Waals surface area (Å²) >= 11 is 0. The lowest BCUT2D eigenvalue weighted by Crippen LogP contribution is -2.12. The van der Waals surface area contributed by atoms with Gasteiger partial charge in [-0.05, 0) is 31.0 Å². The predicted molar refractivity (Wildman–Crippen MR) is 79.5 cm³/mol. The zero-order valence-corrected chi connectivity index (χ0v) is 11.9. The predicted octanol–water partition coefficient (Wildman–Crippen LogP) is 3.83. The first kappa shape index (κ1) is 13.8. The number of nitrogens with zero attached hydrogens (tertiary/aromatic N) is 1. The molecule has 2 aromatic rings. The SMILES string of the molecule is CC1CCCCC(=O)Nc2cc(F)ccc2-c2cnc1[nH]2. The summed E-state index contributed by atoms with van der Waals surface area (Å²) in [6.07, 6.45) is 5.00. The van der Waals surface area contributed by atoms with E-state index in [1.807, 2.05) is 0 Å². The van der Waals surface area contributed by atoms with Gasteiger partial charge in [0, 0.05) is 17.9 Å². The number of imidazole rings is 1. The minimum absolute atomic E-state index is 0.0742. The van der Waals surface area contributed by atoms with E-state index >= 15 is 0 Å². The molecule has 0 spiro atoms. The molecule has 2 heterocycles. The molecule has 21 heavy (non-hydrogen) atoms. The molecule has 110 valence electrons. The van der Waals surface area contributed by atoms with Gasteiger partial charge in [0.1, 0.15) is 11.6 Å². The second-order valence-corrected chi connectivity index (χ2v) is 5.57. The smallest absolute Gasteiger partial charge is 0.224 e. The molecule has 0 saturated heterocycles. The van der Waals surface area contributed by atoms with Crippen molar-refractivity contribution >= 4 is 11.6 Å². The second kappa shape index (κ2) is 5.68. The number of amides is 1. The van der Waals surface area contributed by atoms with Gasteiger partial charge in [0.05, 0.1) is 17.6 Å². The van der Waals surface area contributed by atoms with Crippen LogP contribution in [0.1, 0.15) is 44.3 Å². The molecule has 4 nitrogen and oxygen atoms in total. The highest BCUT2D eigenvalue weighted by Crippen LogP contribution is 2.30. The van der Waals surface area contributed by atoms with Crippen LogP contribution in [-0.2, 0) is 4.79 Å². The maximum Gasteiger partial charge on any atom is 0.224 e. The summed E-state index contributed by atoms with van der Waals surface area (Å²) in [6.45, 7) is 2.13. The van der Waals surface area contributed by atoms with Crippen LogP contribution < -0.4 is 5.32 Å². The van der Waals surface area contributed by atoms with Gasteiger partial charge >= 0.3 is 0 Å². The number of nitrogens with one attached hydrogen (secondary N) is 2.